The third-order valence-electron chi connectivity index (χ3n) is 3.34. The van der Waals surface area contributed by atoms with Crippen molar-refractivity contribution in [2.75, 3.05) is 0 Å². The Morgan fingerprint density at radius 2 is 1.60 bits per heavy atom. The maximum Gasteiger partial charge on any atom is 0.0127 e. The summed E-state index contributed by atoms with van der Waals surface area (Å²) < 4.78 is 0. The molecule has 0 bridgehead atoms. The molecule has 2 aliphatic rings. The molecule has 58 valence electrons. The summed E-state index contributed by atoms with van der Waals surface area (Å²) in [5.74, 6) is 2.83. The highest BCUT2D eigenvalue weighted by Crippen LogP contribution is 2.41. The molecule has 1 N–H and O–H groups in total. The molecule has 1 heteroatoms. The molecule has 0 aromatic rings. The van der Waals surface area contributed by atoms with Gasteiger partial charge in [0.2, 0.25) is 0 Å². The van der Waals surface area contributed by atoms with Crippen LogP contribution in [0.3, 0.4) is 0 Å². The van der Waals surface area contributed by atoms with Gasteiger partial charge in [0.25, 0.3) is 0 Å². The van der Waals surface area contributed by atoms with Gasteiger partial charge in [-0.1, -0.05) is 20.8 Å². The number of nitrogens with one attached hydrogen (secondary N) is 1. The van der Waals surface area contributed by atoms with Crippen molar-refractivity contribution in [1.82, 2.24) is 5.32 Å². The summed E-state index contributed by atoms with van der Waals surface area (Å²) in [6.45, 7) is 7.01. The minimum Gasteiger partial charge on any atom is -0.310 e. The minimum atomic E-state index is 0.856. The summed E-state index contributed by atoms with van der Waals surface area (Å²) in [5.41, 5.74) is 0. The van der Waals surface area contributed by atoms with Crippen molar-refractivity contribution in [2.45, 2.75) is 39.3 Å². The Labute approximate surface area is 63.2 Å². The van der Waals surface area contributed by atoms with Gasteiger partial charge in [-0.25, -0.2) is 0 Å². The predicted octanol–water partition coefficient (Wildman–Crippen LogP) is 1.64. The first-order chi connectivity index (χ1) is 4.70. The van der Waals surface area contributed by atoms with Gasteiger partial charge in [-0.3, -0.25) is 0 Å². The maximum absolute atomic E-state index is 3.68. The number of rotatable bonds is 2. The molecular weight excluding hydrogens is 122 g/mol. The van der Waals surface area contributed by atoms with Crippen LogP contribution in [0.4, 0.5) is 0 Å². The van der Waals surface area contributed by atoms with E-state index >= 15 is 0 Å². The van der Waals surface area contributed by atoms with E-state index in [0.717, 1.165) is 29.8 Å². The van der Waals surface area contributed by atoms with Crippen molar-refractivity contribution < 1.29 is 0 Å². The first-order valence-corrected chi connectivity index (χ1v) is 4.46. The van der Waals surface area contributed by atoms with Gasteiger partial charge in [0.05, 0.1) is 0 Å². The zero-order chi connectivity index (χ0) is 7.30. The van der Waals surface area contributed by atoms with Gasteiger partial charge in [0.15, 0.2) is 0 Å². The monoisotopic (exact) mass is 139 g/mol. The van der Waals surface area contributed by atoms with Crippen molar-refractivity contribution in [3.8, 4) is 0 Å². The second-order valence-corrected chi connectivity index (χ2v) is 4.23. The smallest absolute Gasteiger partial charge is 0.0127 e. The molecule has 0 radical (unpaired) electrons. The van der Waals surface area contributed by atoms with Crippen LogP contribution >= 0.6 is 0 Å². The van der Waals surface area contributed by atoms with Crippen LogP contribution in [-0.2, 0) is 0 Å². The topological polar surface area (TPSA) is 12.0 Å². The molecule has 0 amide bonds. The lowest BCUT2D eigenvalue weighted by molar-refractivity contribution is 0.609. The molecule has 2 saturated carbocycles. The summed E-state index contributed by atoms with van der Waals surface area (Å²) in [7, 11) is 0. The number of hydrogen-bond acceptors (Lipinski definition) is 1. The molecule has 10 heavy (non-hydrogen) atoms. The van der Waals surface area contributed by atoms with Crippen LogP contribution in [0.5, 0.6) is 0 Å². The van der Waals surface area contributed by atoms with E-state index in [2.05, 4.69) is 26.1 Å². The summed E-state index contributed by atoms with van der Waals surface area (Å²) >= 11 is 0. The van der Waals surface area contributed by atoms with Gasteiger partial charge in [0, 0.05) is 12.1 Å². The Kier molecular flexibility index (Phi) is 1.31. The molecule has 4 atom stereocenters. The van der Waals surface area contributed by atoms with E-state index < -0.39 is 0 Å². The summed E-state index contributed by atoms with van der Waals surface area (Å²) in [4.78, 5) is 0. The second kappa shape index (κ2) is 1.97. The molecule has 2 aliphatic carbocycles. The highest BCUT2D eigenvalue weighted by Gasteiger charge is 2.47. The van der Waals surface area contributed by atoms with E-state index in [-0.39, 0.29) is 0 Å². The molecular formula is C9H17N. The van der Waals surface area contributed by atoms with Crippen molar-refractivity contribution in [2.24, 2.45) is 17.8 Å². The molecule has 0 spiro atoms. The number of hydrogen-bond donors (Lipinski definition) is 1. The van der Waals surface area contributed by atoms with Crippen LogP contribution < -0.4 is 5.32 Å². The average Bonchev–Trinajstić information content (AvgIpc) is 2.70. The standard InChI is InChI=1S/C9H17N/c1-5-4-8(5)10-9-6(2)7(9)3/h5-10H,4H2,1-3H3. The SMILES string of the molecule is CC1CC1NC1C(C)C1C. The lowest BCUT2D eigenvalue weighted by atomic mass is 10.4. The van der Waals surface area contributed by atoms with Crippen LogP contribution in [0.15, 0.2) is 0 Å². The largest absolute Gasteiger partial charge is 0.310 e. The molecule has 0 heterocycles. The van der Waals surface area contributed by atoms with Crippen LogP contribution in [0.2, 0.25) is 0 Å². The average molecular weight is 139 g/mol. The maximum atomic E-state index is 3.68. The first kappa shape index (κ1) is 6.66. The van der Waals surface area contributed by atoms with Crippen molar-refractivity contribution in [1.29, 1.82) is 0 Å². The van der Waals surface area contributed by atoms with E-state index in [1.54, 1.807) is 0 Å². The molecule has 2 rings (SSSR count). The molecule has 0 aliphatic heterocycles. The predicted molar refractivity (Wildman–Crippen MR) is 42.8 cm³/mol. The van der Waals surface area contributed by atoms with E-state index in [0.29, 0.717) is 0 Å². The summed E-state index contributed by atoms with van der Waals surface area (Å²) in [6, 6.07) is 1.73. The van der Waals surface area contributed by atoms with Crippen LogP contribution in [-0.4, -0.2) is 12.1 Å². The molecule has 4 unspecified atom stereocenters. The quantitative estimate of drug-likeness (QED) is 0.613. The van der Waals surface area contributed by atoms with E-state index in [1.165, 1.54) is 6.42 Å². The van der Waals surface area contributed by atoms with Crippen molar-refractivity contribution in [3.63, 3.8) is 0 Å². The van der Waals surface area contributed by atoms with Gasteiger partial charge in [-0.15, -0.1) is 0 Å². The fourth-order valence-electron chi connectivity index (χ4n) is 1.77. The van der Waals surface area contributed by atoms with Gasteiger partial charge in [-0.05, 0) is 24.2 Å². The highest BCUT2D eigenvalue weighted by atomic mass is 15.1. The minimum absolute atomic E-state index is 0.856. The third-order valence-corrected chi connectivity index (χ3v) is 3.34. The normalized spacial score (nSPS) is 58.5. The summed E-state index contributed by atoms with van der Waals surface area (Å²) in [5, 5.41) is 3.68. The van der Waals surface area contributed by atoms with Crippen molar-refractivity contribution >= 4 is 0 Å². The van der Waals surface area contributed by atoms with E-state index in [9.17, 15) is 0 Å². The Morgan fingerprint density at radius 1 is 1.10 bits per heavy atom. The molecule has 0 aromatic heterocycles. The van der Waals surface area contributed by atoms with Crippen molar-refractivity contribution in [3.05, 3.63) is 0 Å². The van der Waals surface area contributed by atoms with E-state index in [1.807, 2.05) is 0 Å². The lowest BCUT2D eigenvalue weighted by Crippen LogP contribution is -2.22. The first-order valence-electron chi connectivity index (χ1n) is 4.46. The second-order valence-electron chi connectivity index (χ2n) is 4.23. The molecule has 0 saturated heterocycles. The zero-order valence-electron chi connectivity index (χ0n) is 7.09. The summed E-state index contributed by atoms with van der Waals surface area (Å²) in [6.07, 6.45) is 1.41. The zero-order valence-corrected chi connectivity index (χ0v) is 7.09. The Bertz CT molecular complexity index is 136. The Hall–Kier alpha value is -0.0400. The highest BCUT2D eigenvalue weighted by molar-refractivity contribution is 5.03. The van der Waals surface area contributed by atoms with Crippen LogP contribution in [0.1, 0.15) is 27.2 Å². The van der Waals surface area contributed by atoms with Gasteiger partial charge in [0.1, 0.15) is 0 Å². The third kappa shape index (κ3) is 0.968. The fraction of sp³-hybridized carbons (Fsp3) is 1.00. The van der Waals surface area contributed by atoms with Gasteiger partial charge >= 0.3 is 0 Å². The Balaban J connectivity index is 1.73. The molecule has 2 fully saturated rings. The van der Waals surface area contributed by atoms with E-state index in [4.69, 9.17) is 0 Å². The lowest BCUT2D eigenvalue weighted by Gasteiger charge is -1.98. The molecule has 1 nitrogen and oxygen atoms in total. The van der Waals surface area contributed by atoms with Gasteiger partial charge in [-0.2, -0.15) is 0 Å². The Morgan fingerprint density at radius 3 is 1.90 bits per heavy atom. The van der Waals surface area contributed by atoms with Crippen LogP contribution in [0.25, 0.3) is 0 Å². The fourth-order valence-corrected chi connectivity index (χ4v) is 1.77. The molecule has 0 aromatic carbocycles. The van der Waals surface area contributed by atoms with Gasteiger partial charge < -0.3 is 5.32 Å². The van der Waals surface area contributed by atoms with Crippen LogP contribution in [0, 0.1) is 17.8 Å².